The first-order valence-corrected chi connectivity index (χ1v) is 9.13. The van der Waals surface area contributed by atoms with Crippen molar-refractivity contribution in [2.75, 3.05) is 25.0 Å². The van der Waals surface area contributed by atoms with E-state index < -0.39 is 0 Å². The Kier molecular flexibility index (Phi) is 4.58. The molecule has 0 radical (unpaired) electrons. The Morgan fingerprint density at radius 3 is 3.21 bits per heavy atom. The van der Waals surface area contributed by atoms with Crippen LogP contribution < -0.4 is 5.32 Å². The van der Waals surface area contributed by atoms with Crippen molar-refractivity contribution in [2.24, 2.45) is 0 Å². The first-order valence-electron chi connectivity index (χ1n) is 8.75. The molecule has 1 atom stereocenters. The van der Waals surface area contributed by atoms with Crippen LogP contribution >= 0.6 is 11.6 Å². The van der Waals surface area contributed by atoms with Gasteiger partial charge in [-0.2, -0.15) is 0 Å². The highest BCUT2D eigenvalue weighted by atomic mass is 35.5. The number of H-pyrrole nitrogens is 1. The second-order valence-corrected chi connectivity index (χ2v) is 7.11. The van der Waals surface area contributed by atoms with Gasteiger partial charge in [0.15, 0.2) is 0 Å². The summed E-state index contributed by atoms with van der Waals surface area (Å²) in [6, 6.07) is 2.46. The fourth-order valence-corrected chi connectivity index (χ4v) is 3.90. The zero-order valence-corrected chi connectivity index (χ0v) is 14.5. The van der Waals surface area contributed by atoms with Gasteiger partial charge in [-0.05, 0) is 43.9 Å². The Balaban J connectivity index is 1.46. The molecule has 2 N–H and O–H groups in total. The van der Waals surface area contributed by atoms with E-state index in [-0.39, 0.29) is 0 Å². The van der Waals surface area contributed by atoms with Crippen LogP contribution in [-0.4, -0.2) is 40.5 Å². The molecule has 2 aliphatic rings. The van der Waals surface area contributed by atoms with Crippen molar-refractivity contribution in [1.82, 2.24) is 14.9 Å². The molecule has 1 saturated heterocycles. The van der Waals surface area contributed by atoms with Gasteiger partial charge in [0.25, 0.3) is 0 Å². The zero-order chi connectivity index (χ0) is 16.4. The number of nitrogens with zero attached hydrogens (tertiary/aromatic N) is 2. The average molecular weight is 343 g/mol. The van der Waals surface area contributed by atoms with E-state index in [2.05, 4.69) is 38.4 Å². The predicted octanol–water partition coefficient (Wildman–Crippen LogP) is 4.37. The van der Waals surface area contributed by atoms with Crippen LogP contribution in [0.2, 0.25) is 5.02 Å². The lowest BCUT2D eigenvalue weighted by molar-refractivity contribution is 0.234. The van der Waals surface area contributed by atoms with Crippen molar-refractivity contribution in [2.45, 2.75) is 31.7 Å². The lowest BCUT2D eigenvalue weighted by Crippen LogP contribution is -2.42. The van der Waals surface area contributed by atoms with Crippen LogP contribution in [0.25, 0.3) is 11.0 Å². The average Bonchev–Trinajstić information content (AvgIpc) is 3.08. The molecule has 0 amide bonds. The summed E-state index contributed by atoms with van der Waals surface area (Å²) in [6.07, 6.45) is 15.3. The number of fused-ring (bicyclic) bond motifs is 1. The lowest BCUT2D eigenvalue weighted by Gasteiger charge is -2.34. The van der Waals surface area contributed by atoms with Gasteiger partial charge in [0, 0.05) is 30.7 Å². The number of allylic oxidation sites excluding steroid dienone is 2. The minimum absolute atomic E-state index is 0.421. The molecule has 5 heteroatoms. The predicted molar refractivity (Wildman–Crippen MR) is 101 cm³/mol. The maximum Gasteiger partial charge on any atom is 0.139 e. The number of hydrogen-bond donors (Lipinski definition) is 2. The molecule has 0 bridgehead atoms. The Morgan fingerprint density at radius 1 is 1.38 bits per heavy atom. The quantitative estimate of drug-likeness (QED) is 0.867. The standard InChI is InChI=1S/C19H23ClN4/c20-17-11-22-19-16(8-9-21-19)18(17)23-15-7-4-10-24(13-15)12-14-5-2-1-3-6-14/h2,5-6,8-9,11,15H,1,3-4,7,10,12-13H2,(H2,21,22,23). The van der Waals surface area contributed by atoms with E-state index in [0.29, 0.717) is 11.1 Å². The molecule has 4 rings (SSSR count). The molecular weight excluding hydrogens is 320 g/mol. The SMILES string of the molecule is Clc1cnc2[nH]ccc2c1NC1CCCN(CC2=CCCC=C2)C1. The van der Waals surface area contributed by atoms with E-state index in [0.717, 1.165) is 29.8 Å². The first kappa shape index (κ1) is 15.7. The molecule has 0 aromatic carbocycles. The highest BCUT2D eigenvalue weighted by Crippen LogP contribution is 2.31. The van der Waals surface area contributed by atoms with E-state index in [1.165, 1.54) is 37.8 Å². The number of hydrogen-bond acceptors (Lipinski definition) is 3. The highest BCUT2D eigenvalue weighted by Gasteiger charge is 2.22. The first-order chi connectivity index (χ1) is 11.8. The van der Waals surface area contributed by atoms with Crippen molar-refractivity contribution in [1.29, 1.82) is 0 Å². The second-order valence-electron chi connectivity index (χ2n) is 6.70. The molecule has 2 aromatic rings. The smallest absolute Gasteiger partial charge is 0.139 e. The Hall–Kier alpha value is -1.78. The van der Waals surface area contributed by atoms with Crippen molar-refractivity contribution in [3.05, 3.63) is 47.3 Å². The van der Waals surface area contributed by atoms with Crippen molar-refractivity contribution in [3.8, 4) is 0 Å². The molecule has 1 aliphatic heterocycles. The molecule has 0 spiro atoms. The zero-order valence-electron chi connectivity index (χ0n) is 13.8. The third kappa shape index (κ3) is 3.35. The summed E-state index contributed by atoms with van der Waals surface area (Å²) in [6.45, 7) is 3.28. The van der Waals surface area contributed by atoms with Gasteiger partial charge in [-0.1, -0.05) is 29.8 Å². The number of aromatic amines is 1. The largest absolute Gasteiger partial charge is 0.379 e. The monoisotopic (exact) mass is 342 g/mol. The van der Waals surface area contributed by atoms with Gasteiger partial charge in [0.2, 0.25) is 0 Å². The maximum absolute atomic E-state index is 6.40. The summed E-state index contributed by atoms with van der Waals surface area (Å²) in [5.41, 5.74) is 3.34. The number of likely N-dealkylation sites (tertiary alicyclic amines) is 1. The van der Waals surface area contributed by atoms with Gasteiger partial charge in [-0.15, -0.1) is 0 Å². The number of nitrogens with one attached hydrogen (secondary N) is 2. The van der Waals surface area contributed by atoms with Crippen LogP contribution in [0.15, 0.2) is 42.3 Å². The number of rotatable bonds is 4. The van der Waals surface area contributed by atoms with Crippen molar-refractivity contribution >= 4 is 28.3 Å². The molecule has 1 fully saturated rings. The summed E-state index contributed by atoms with van der Waals surface area (Å²) in [5, 5.41) is 5.43. The van der Waals surface area contributed by atoms with Crippen LogP contribution in [0.1, 0.15) is 25.7 Å². The normalized spacial score (nSPS) is 21.9. The number of pyridine rings is 1. The van der Waals surface area contributed by atoms with E-state index in [1.807, 2.05) is 12.3 Å². The van der Waals surface area contributed by atoms with Crippen molar-refractivity contribution < 1.29 is 0 Å². The number of halogens is 1. The number of aromatic nitrogens is 2. The molecule has 0 saturated carbocycles. The molecule has 3 heterocycles. The fourth-order valence-electron chi connectivity index (χ4n) is 3.69. The van der Waals surface area contributed by atoms with Crippen LogP contribution in [-0.2, 0) is 0 Å². The summed E-state index contributed by atoms with van der Waals surface area (Å²) in [7, 11) is 0. The van der Waals surface area contributed by atoms with Gasteiger partial charge in [0.1, 0.15) is 5.65 Å². The summed E-state index contributed by atoms with van der Waals surface area (Å²) in [4.78, 5) is 10.0. The second kappa shape index (κ2) is 6.99. The fraction of sp³-hybridized carbons (Fsp3) is 0.421. The third-order valence-corrected chi connectivity index (χ3v) is 5.16. The molecule has 1 aliphatic carbocycles. The lowest BCUT2D eigenvalue weighted by atomic mass is 10.0. The van der Waals surface area contributed by atoms with Gasteiger partial charge in [-0.3, -0.25) is 4.90 Å². The molecule has 2 aromatic heterocycles. The van der Waals surface area contributed by atoms with Crippen LogP contribution in [0.4, 0.5) is 5.69 Å². The summed E-state index contributed by atoms with van der Waals surface area (Å²) in [5.74, 6) is 0. The van der Waals surface area contributed by atoms with Gasteiger partial charge in [-0.25, -0.2) is 4.98 Å². The van der Waals surface area contributed by atoms with Gasteiger partial charge in [0.05, 0.1) is 16.9 Å². The molecular formula is C19H23ClN4. The number of piperidine rings is 1. The summed E-state index contributed by atoms with van der Waals surface area (Å²) >= 11 is 6.40. The summed E-state index contributed by atoms with van der Waals surface area (Å²) < 4.78 is 0. The minimum Gasteiger partial charge on any atom is -0.379 e. The van der Waals surface area contributed by atoms with Gasteiger partial charge >= 0.3 is 0 Å². The topological polar surface area (TPSA) is 44.0 Å². The Labute approximate surface area is 147 Å². The number of anilines is 1. The molecule has 1 unspecified atom stereocenters. The van der Waals surface area contributed by atoms with E-state index in [9.17, 15) is 0 Å². The van der Waals surface area contributed by atoms with Gasteiger partial charge < -0.3 is 10.3 Å². The van der Waals surface area contributed by atoms with Crippen molar-refractivity contribution in [3.63, 3.8) is 0 Å². The molecule has 4 nitrogen and oxygen atoms in total. The minimum atomic E-state index is 0.421. The Morgan fingerprint density at radius 2 is 2.33 bits per heavy atom. The van der Waals surface area contributed by atoms with Crippen LogP contribution in [0.5, 0.6) is 0 Å². The van der Waals surface area contributed by atoms with Crippen LogP contribution in [0.3, 0.4) is 0 Å². The molecule has 24 heavy (non-hydrogen) atoms. The van der Waals surface area contributed by atoms with E-state index in [4.69, 9.17) is 11.6 Å². The van der Waals surface area contributed by atoms with Crippen LogP contribution in [0, 0.1) is 0 Å². The van der Waals surface area contributed by atoms with E-state index in [1.54, 1.807) is 6.20 Å². The Bertz CT molecular complexity index is 777. The third-order valence-electron chi connectivity index (χ3n) is 4.87. The van der Waals surface area contributed by atoms with E-state index >= 15 is 0 Å². The maximum atomic E-state index is 6.40. The highest BCUT2D eigenvalue weighted by molar-refractivity contribution is 6.34. The molecule has 126 valence electrons.